The molecule has 5 nitrogen and oxygen atoms in total. The van der Waals surface area contributed by atoms with Crippen LogP contribution in [0.2, 0.25) is 0 Å². The standard InChI is InChI=1S/C15H17FN2O3.ClH/c1-3-21-15(20)13(16)14(17)11-8-18(9(2)19)12-7-5-4-6-10(11)12;/h4-8,13-14H,3,17H2,1-2H3;1H/t13?,14-;/m1./s1. The van der Waals surface area contributed by atoms with Crippen molar-refractivity contribution in [3.63, 3.8) is 0 Å². The van der Waals surface area contributed by atoms with Crippen molar-refractivity contribution in [3.8, 4) is 0 Å². The van der Waals surface area contributed by atoms with Crippen LogP contribution >= 0.6 is 12.4 Å². The molecule has 0 aliphatic rings. The zero-order chi connectivity index (χ0) is 15.6. The fourth-order valence-electron chi connectivity index (χ4n) is 2.26. The van der Waals surface area contributed by atoms with Crippen LogP contribution in [0, 0.1) is 0 Å². The number of rotatable bonds is 4. The lowest BCUT2D eigenvalue weighted by atomic mass is 10.0. The zero-order valence-electron chi connectivity index (χ0n) is 12.3. The van der Waals surface area contributed by atoms with E-state index >= 15 is 0 Å². The molecule has 2 atom stereocenters. The van der Waals surface area contributed by atoms with Crippen molar-refractivity contribution >= 4 is 35.2 Å². The van der Waals surface area contributed by atoms with Gasteiger partial charge in [0, 0.05) is 18.5 Å². The first-order valence-electron chi connectivity index (χ1n) is 6.64. The maximum absolute atomic E-state index is 14.1. The topological polar surface area (TPSA) is 74.3 Å². The van der Waals surface area contributed by atoms with Crippen LogP contribution in [0.25, 0.3) is 10.9 Å². The maximum atomic E-state index is 14.1. The highest BCUT2D eigenvalue weighted by Crippen LogP contribution is 2.28. The Labute approximate surface area is 133 Å². The van der Waals surface area contributed by atoms with Crippen LogP contribution in [0.1, 0.15) is 30.2 Å². The number of hydrogen-bond acceptors (Lipinski definition) is 4. The molecule has 0 aliphatic carbocycles. The monoisotopic (exact) mass is 328 g/mol. The molecule has 1 aromatic heterocycles. The molecule has 0 radical (unpaired) electrons. The number of halogens is 2. The van der Waals surface area contributed by atoms with E-state index in [0.29, 0.717) is 16.5 Å². The summed E-state index contributed by atoms with van der Waals surface area (Å²) in [5.74, 6) is -1.21. The first-order valence-corrected chi connectivity index (χ1v) is 6.64. The van der Waals surface area contributed by atoms with Gasteiger partial charge in [-0.1, -0.05) is 18.2 Å². The normalized spacial score (nSPS) is 13.3. The van der Waals surface area contributed by atoms with Gasteiger partial charge in [0.1, 0.15) is 0 Å². The molecular weight excluding hydrogens is 311 g/mol. The van der Waals surface area contributed by atoms with Crippen molar-refractivity contribution in [2.75, 3.05) is 6.61 Å². The fraction of sp³-hybridized carbons (Fsp3) is 0.333. The second-order valence-electron chi connectivity index (χ2n) is 4.67. The molecule has 0 saturated carbocycles. The summed E-state index contributed by atoms with van der Waals surface area (Å²) in [6.07, 6.45) is -0.500. The average molecular weight is 329 g/mol. The van der Waals surface area contributed by atoms with Gasteiger partial charge in [-0.3, -0.25) is 9.36 Å². The lowest BCUT2D eigenvalue weighted by molar-refractivity contribution is -0.149. The summed E-state index contributed by atoms with van der Waals surface area (Å²) in [6.45, 7) is 3.08. The molecule has 7 heteroatoms. The number of fused-ring (bicyclic) bond motifs is 1. The Bertz CT molecular complexity index is 686. The molecule has 120 valence electrons. The van der Waals surface area contributed by atoms with Crippen molar-refractivity contribution in [2.24, 2.45) is 5.73 Å². The summed E-state index contributed by atoms with van der Waals surface area (Å²) < 4.78 is 20.1. The van der Waals surface area contributed by atoms with E-state index in [1.165, 1.54) is 17.7 Å². The number of nitrogens with two attached hydrogens (primary N) is 1. The van der Waals surface area contributed by atoms with Crippen LogP contribution in [-0.2, 0) is 9.53 Å². The van der Waals surface area contributed by atoms with Gasteiger partial charge in [-0.15, -0.1) is 12.4 Å². The van der Waals surface area contributed by atoms with Crippen LogP contribution in [0.15, 0.2) is 30.5 Å². The largest absolute Gasteiger partial charge is 0.464 e. The molecule has 0 amide bonds. The number of esters is 1. The number of carbonyl (C=O) groups is 2. The lowest BCUT2D eigenvalue weighted by Gasteiger charge is -2.14. The number of para-hydroxylation sites is 1. The number of aromatic nitrogens is 1. The van der Waals surface area contributed by atoms with Crippen molar-refractivity contribution < 1.29 is 18.7 Å². The van der Waals surface area contributed by atoms with Crippen LogP contribution < -0.4 is 5.73 Å². The highest BCUT2D eigenvalue weighted by Gasteiger charge is 2.30. The average Bonchev–Trinajstić information content (AvgIpc) is 2.85. The Morgan fingerprint density at radius 1 is 1.36 bits per heavy atom. The van der Waals surface area contributed by atoms with Gasteiger partial charge in [0.05, 0.1) is 18.2 Å². The predicted molar refractivity (Wildman–Crippen MR) is 83.9 cm³/mol. The summed E-state index contributed by atoms with van der Waals surface area (Å²) in [7, 11) is 0. The van der Waals surface area contributed by atoms with E-state index in [0.717, 1.165) is 0 Å². The molecule has 1 heterocycles. The van der Waals surface area contributed by atoms with E-state index in [9.17, 15) is 14.0 Å². The van der Waals surface area contributed by atoms with Crippen molar-refractivity contribution in [3.05, 3.63) is 36.0 Å². The number of benzene rings is 1. The van der Waals surface area contributed by atoms with Gasteiger partial charge in [0.15, 0.2) is 0 Å². The quantitative estimate of drug-likeness (QED) is 0.875. The third-order valence-corrected chi connectivity index (χ3v) is 3.27. The van der Waals surface area contributed by atoms with E-state index < -0.39 is 18.2 Å². The molecule has 0 bridgehead atoms. The second-order valence-corrected chi connectivity index (χ2v) is 4.67. The molecule has 1 aromatic carbocycles. The highest BCUT2D eigenvalue weighted by atomic mass is 35.5. The van der Waals surface area contributed by atoms with Crippen molar-refractivity contribution in [1.82, 2.24) is 4.57 Å². The number of hydrogen-bond donors (Lipinski definition) is 1. The second kappa shape index (κ2) is 7.38. The van der Waals surface area contributed by atoms with E-state index in [4.69, 9.17) is 5.73 Å². The molecule has 0 saturated heterocycles. The Morgan fingerprint density at radius 2 is 2.00 bits per heavy atom. The zero-order valence-corrected chi connectivity index (χ0v) is 13.1. The SMILES string of the molecule is CCOC(=O)C(F)[C@H](N)c1cn(C(C)=O)c2ccccc12.Cl. The summed E-state index contributed by atoms with van der Waals surface area (Å²) in [6, 6.07) is 5.83. The number of alkyl halides is 1. The summed E-state index contributed by atoms with van der Waals surface area (Å²) in [5, 5.41) is 0.646. The van der Waals surface area contributed by atoms with Gasteiger partial charge in [0.2, 0.25) is 12.1 Å². The van der Waals surface area contributed by atoms with E-state index in [-0.39, 0.29) is 24.9 Å². The van der Waals surface area contributed by atoms with Crippen LogP contribution in [0.4, 0.5) is 4.39 Å². The Kier molecular flexibility index (Phi) is 6.08. The molecule has 2 rings (SSSR count). The molecular formula is C15H18ClFN2O3. The molecule has 0 spiro atoms. The Hall–Kier alpha value is -1.92. The van der Waals surface area contributed by atoms with E-state index in [2.05, 4.69) is 4.74 Å². The molecule has 2 N–H and O–H groups in total. The van der Waals surface area contributed by atoms with Gasteiger partial charge >= 0.3 is 5.97 Å². The van der Waals surface area contributed by atoms with Gasteiger partial charge in [-0.2, -0.15) is 0 Å². The smallest absolute Gasteiger partial charge is 0.342 e. The van der Waals surface area contributed by atoms with Crippen LogP contribution in [0.5, 0.6) is 0 Å². The number of ether oxygens (including phenoxy) is 1. The summed E-state index contributed by atoms with van der Waals surface area (Å²) >= 11 is 0. The lowest BCUT2D eigenvalue weighted by Crippen LogP contribution is -2.31. The minimum atomic E-state index is -1.98. The van der Waals surface area contributed by atoms with Crippen molar-refractivity contribution in [1.29, 1.82) is 0 Å². The van der Waals surface area contributed by atoms with Gasteiger partial charge in [0.25, 0.3) is 0 Å². The Balaban J connectivity index is 0.00000242. The molecule has 1 unspecified atom stereocenters. The first kappa shape index (κ1) is 18.1. The third-order valence-electron chi connectivity index (χ3n) is 3.27. The van der Waals surface area contributed by atoms with Gasteiger partial charge in [-0.25, -0.2) is 9.18 Å². The third kappa shape index (κ3) is 3.28. The number of carbonyl (C=O) groups excluding carboxylic acids is 2. The van der Waals surface area contributed by atoms with Gasteiger partial charge < -0.3 is 10.5 Å². The molecule has 0 aliphatic heterocycles. The van der Waals surface area contributed by atoms with E-state index in [1.807, 2.05) is 0 Å². The van der Waals surface area contributed by atoms with Gasteiger partial charge in [-0.05, 0) is 18.6 Å². The van der Waals surface area contributed by atoms with E-state index in [1.54, 1.807) is 31.2 Å². The van der Waals surface area contributed by atoms with Crippen LogP contribution in [0.3, 0.4) is 0 Å². The highest BCUT2D eigenvalue weighted by molar-refractivity contribution is 5.94. The first-order chi connectivity index (χ1) is 9.97. The Morgan fingerprint density at radius 3 is 2.59 bits per heavy atom. The summed E-state index contributed by atoms with van der Waals surface area (Å²) in [4.78, 5) is 23.1. The minimum absolute atomic E-state index is 0. The molecule has 2 aromatic rings. The number of nitrogens with zero attached hydrogens (tertiary/aromatic N) is 1. The fourth-order valence-corrected chi connectivity index (χ4v) is 2.26. The maximum Gasteiger partial charge on any atom is 0.342 e. The molecule has 22 heavy (non-hydrogen) atoms. The van der Waals surface area contributed by atoms with Crippen LogP contribution in [-0.4, -0.2) is 29.2 Å². The summed E-state index contributed by atoms with van der Waals surface area (Å²) in [5.41, 5.74) is 6.88. The molecule has 0 fully saturated rings. The minimum Gasteiger partial charge on any atom is -0.464 e. The van der Waals surface area contributed by atoms with Crippen molar-refractivity contribution in [2.45, 2.75) is 26.1 Å². The predicted octanol–water partition coefficient (Wildman–Crippen LogP) is 2.62.